The van der Waals surface area contributed by atoms with E-state index in [0.717, 1.165) is 56.9 Å². The summed E-state index contributed by atoms with van der Waals surface area (Å²) in [6.45, 7) is 5.51. The van der Waals surface area contributed by atoms with Crippen LogP contribution in [-0.2, 0) is 6.54 Å². The fraction of sp³-hybridized carbons (Fsp3) is 0.414. The third-order valence-corrected chi connectivity index (χ3v) is 7.43. The first-order valence-electron chi connectivity index (χ1n) is 13.0. The van der Waals surface area contributed by atoms with E-state index in [1.54, 1.807) is 26.4 Å². The second-order valence-electron chi connectivity index (χ2n) is 9.60. The van der Waals surface area contributed by atoms with Crippen LogP contribution in [0.1, 0.15) is 29.0 Å². The van der Waals surface area contributed by atoms with Gasteiger partial charge < -0.3 is 28.8 Å². The summed E-state index contributed by atoms with van der Waals surface area (Å²) in [6, 6.07) is 15.1. The molecule has 1 amide bonds. The number of halogens is 1. The SMILES string of the molecule is COc1cccc(OC)c1-c1ccc(C(=O)N2CCN(Cc3ccc(OC4CCNCC4)c(Cl)c3)CC2)o1. The zero-order valence-electron chi connectivity index (χ0n) is 21.9. The number of benzene rings is 2. The van der Waals surface area contributed by atoms with Gasteiger partial charge >= 0.3 is 0 Å². The van der Waals surface area contributed by atoms with Gasteiger partial charge in [0, 0.05) is 32.7 Å². The maximum absolute atomic E-state index is 13.2. The molecule has 2 aromatic carbocycles. The number of rotatable bonds is 8. The highest BCUT2D eigenvalue weighted by Crippen LogP contribution is 2.39. The van der Waals surface area contributed by atoms with E-state index < -0.39 is 0 Å². The molecule has 38 heavy (non-hydrogen) atoms. The van der Waals surface area contributed by atoms with Crippen LogP contribution in [0.4, 0.5) is 0 Å². The zero-order valence-corrected chi connectivity index (χ0v) is 22.6. The number of hydrogen-bond acceptors (Lipinski definition) is 7. The molecule has 1 N–H and O–H groups in total. The van der Waals surface area contributed by atoms with Gasteiger partial charge in [0.2, 0.25) is 0 Å². The lowest BCUT2D eigenvalue weighted by Crippen LogP contribution is -2.48. The molecular weight excluding hydrogens is 506 g/mol. The number of ether oxygens (including phenoxy) is 3. The van der Waals surface area contributed by atoms with Gasteiger partial charge in [-0.1, -0.05) is 23.7 Å². The molecule has 2 aliphatic rings. The summed E-state index contributed by atoms with van der Waals surface area (Å²) in [7, 11) is 3.19. The lowest BCUT2D eigenvalue weighted by Gasteiger charge is -2.34. The van der Waals surface area contributed by atoms with E-state index in [4.69, 9.17) is 30.2 Å². The highest BCUT2D eigenvalue weighted by molar-refractivity contribution is 6.32. The van der Waals surface area contributed by atoms with Gasteiger partial charge in [-0.3, -0.25) is 9.69 Å². The molecule has 0 bridgehead atoms. The van der Waals surface area contributed by atoms with E-state index in [1.165, 1.54) is 0 Å². The molecule has 8 nitrogen and oxygen atoms in total. The van der Waals surface area contributed by atoms with Gasteiger partial charge in [-0.15, -0.1) is 0 Å². The number of nitrogens with zero attached hydrogens (tertiary/aromatic N) is 2. The van der Waals surface area contributed by atoms with Crippen molar-refractivity contribution in [1.29, 1.82) is 0 Å². The van der Waals surface area contributed by atoms with Crippen molar-refractivity contribution in [3.63, 3.8) is 0 Å². The number of methoxy groups -OCH3 is 2. The highest BCUT2D eigenvalue weighted by Gasteiger charge is 2.26. The predicted octanol–water partition coefficient (Wildman–Crippen LogP) is 4.71. The van der Waals surface area contributed by atoms with Crippen molar-refractivity contribution in [3.05, 3.63) is 64.9 Å². The fourth-order valence-corrected chi connectivity index (χ4v) is 5.28. The smallest absolute Gasteiger partial charge is 0.289 e. The standard InChI is InChI=1S/C29H34ClN3O5/c1-35-24-4-3-5-25(36-2)28(24)26-8-9-27(38-26)29(34)33-16-14-32(15-17-33)19-20-6-7-23(22(30)18-20)37-21-10-12-31-13-11-21/h3-9,18,21,31H,10-17,19H2,1-2H3. The molecule has 0 radical (unpaired) electrons. The Labute approximate surface area is 228 Å². The largest absolute Gasteiger partial charge is 0.496 e. The van der Waals surface area contributed by atoms with Gasteiger partial charge in [0.1, 0.15) is 34.7 Å². The Kier molecular flexibility index (Phi) is 8.42. The molecule has 9 heteroatoms. The summed E-state index contributed by atoms with van der Waals surface area (Å²) in [5.74, 6) is 2.71. The molecule has 2 saturated heterocycles. The number of piperazine rings is 1. The molecule has 0 aliphatic carbocycles. The van der Waals surface area contributed by atoms with E-state index in [1.807, 2.05) is 35.2 Å². The summed E-state index contributed by atoms with van der Waals surface area (Å²) in [6.07, 6.45) is 2.21. The minimum absolute atomic E-state index is 0.118. The average molecular weight is 540 g/mol. The Morgan fingerprint density at radius 3 is 2.34 bits per heavy atom. The molecular formula is C29H34ClN3O5. The van der Waals surface area contributed by atoms with Gasteiger partial charge in [0.15, 0.2) is 5.76 Å². The number of amides is 1. The molecule has 0 unspecified atom stereocenters. The quantitative estimate of drug-likeness (QED) is 0.444. The first-order chi connectivity index (χ1) is 18.6. The number of piperidine rings is 1. The van der Waals surface area contributed by atoms with Crippen LogP contribution in [-0.4, -0.2) is 75.3 Å². The van der Waals surface area contributed by atoms with Crippen molar-refractivity contribution < 1.29 is 23.4 Å². The molecule has 0 atom stereocenters. The third-order valence-electron chi connectivity index (χ3n) is 7.13. The Morgan fingerprint density at radius 1 is 0.974 bits per heavy atom. The van der Waals surface area contributed by atoms with Crippen molar-refractivity contribution in [2.24, 2.45) is 0 Å². The number of hydrogen-bond donors (Lipinski definition) is 1. The summed E-state index contributed by atoms with van der Waals surface area (Å²) < 4.78 is 23.0. The number of carbonyl (C=O) groups is 1. The van der Waals surface area contributed by atoms with Crippen LogP contribution in [0.25, 0.3) is 11.3 Å². The Balaban J connectivity index is 1.17. The van der Waals surface area contributed by atoms with E-state index in [9.17, 15) is 4.79 Å². The predicted molar refractivity (Wildman–Crippen MR) is 146 cm³/mol. The maximum atomic E-state index is 13.2. The van der Waals surface area contributed by atoms with Crippen LogP contribution in [0.5, 0.6) is 17.2 Å². The molecule has 2 aliphatic heterocycles. The fourth-order valence-electron chi connectivity index (χ4n) is 5.04. The second-order valence-corrected chi connectivity index (χ2v) is 10.0. The van der Waals surface area contributed by atoms with Gasteiger partial charge in [0.05, 0.1) is 19.2 Å². The van der Waals surface area contributed by atoms with Crippen LogP contribution in [0, 0.1) is 0 Å². The first-order valence-corrected chi connectivity index (χ1v) is 13.4. The van der Waals surface area contributed by atoms with Crippen LogP contribution in [0.2, 0.25) is 5.02 Å². The third kappa shape index (κ3) is 5.93. The van der Waals surface area contributed by atoms with Crippen LogP contribution in [0.15, 0.2) is 52.9 Å². The van der Waals surface area contributed by atoms with Gasteiger partial charge in [0.25, 0.3) is 5.91 Å². The molecule has 3 heterocycles. The number of carbonyl (C=O) groups excluding carboxylic acids is 1. The second kappa shape index (κ2) is 12.1. The van der Waals surface area contributed by atoms with Crippen molar-refractivity contribution in [2.75, 3.05) is 53.5 Å². The highest BCUT2D eigenvalue weighted by atomic mass is 35.5. The van der Waals surface area contributed by atoms with E-state index in [2.05, 4.69) is 16.3 Å². The molecule has 5 rings (SSSR count). The van der Waals surface area contributed by atoms with E-state index in [0.29, 0.717) is 46.7 Å². The summed E-state index contributed by atoms with van der Waals surface area (Å²) in [5, 5.41) is 4.00. The van der Waals surface area contributed by atoms with Crippen LogP contribution < -0.4 is 19.5 Å². The molecule has 2 fully saturated rings. The maximum Gasteiger partial charge on any atom is 0.289 e. The summed E-state index contributed by atoms with van der Waals surface area (Å²) >= 11 is 6.55. The first kappa shape index (κ1) is 26.4. The van der Waals surface area contributed by atoms with Crippen molar-refractivity contribution in [3.8, 4) is 28.6 Å². The number of furan rings is 1. The molecule has 1 aromatic heterocycles. The average Bonchev–Trinajstić information content (AvgIpc) is 3.44. The molecule has 202 valence electrons. The van der Waals surface area contributed by atoms with Crippen molar-refractivity contribution in [1.82, 2.24) is 15.1 Å². The Morgan fingerprint density at radius 2 is 1.68 bits per heavy atom. The lowest BCUT2D eigenvalue weighted by molar-refractivity contribution is 0.0598. The van der Waals surface area contributed by atoms with Gasteiger partial charge in [-0.2, -0.15) is 0 Å². The topological polar surface area (TPSA) is 76.4 Å². The minimum Gasteiger partial charge on any atom is -0.496 e. The molecule has 0 saturated carbocycles. The van der Waals surface area contributed by atoms with E-state index >= 15 is 0 Å². The normalized spacial score (nSPS) is 16.9. The molecule has 0 spiro atoms. The van der Waals surface area contributed by atoms with Gasteiger partial charge in [-0.05, 0) is 67.9 Å². The van der Waals surface area contributed by atoms with Gasteiger partial charge in [-0.25, -0.2) is 0 Å². The van der Waals surface area contributed by atoms with E-state index in [-0.39, 0.29) is 12.0 Å². The lowest BCUT2D eigenvalue weighted by atomic mass is 10.1. The van der Waals surface area contributed by atoms with Crippen molar-refractivity contribution >= 4 is 17.5 Å². The van der Waals surface area contributed by atoms with Crippen LogP contribution in [0.3, 0.4) is 0 Å². The minimum atomic E-state index is -0.118. The van der Waals surface area contributed by atoms with Crippen molar-refractivity contribution in [2.45, 2.75) is 25.5 Å². The Bertz CT molecular complexity index is 1230. The molecule has 3 aromatic rings. The summed E-state index contributed by atoms with van der Waals surface area (Å²) in [4.78, 5) is 17.3. The monoisotopic (exact) mass is 539 g/mol. The zero-order chi connectivity index (χ0) is 26.5. The summed E-state index contributed by atoms with van der Waals surface area (Å²) in [5.41, 5.74) is 1.82. The Hall–Kier alpha value is -3.20. The number of nitrogens with one attached hydrogen (secondary N) is 1. The van der Waals surface area contributed by atoms with Crippen LogP contribution >= 0.6 is 11.6 Å².